The molecule has 1 aliphatic heterocycles. The number of thiophene rings is 1. The minimum Gasteiger partial charge on any atom is -0.281 e. The van der Waals surface area contributed by atoms with Gasteiger partial charge in [0.05, 0.1) is 11.5 Å². The summed E-state index contributed by atoms with van der Waals surface area (Å²) in [5.74, 6) is 0.844. The van der Waals surface area contributed by atoms with Gasteiger partial charge in [-0.2, -0.15) is 5.10 Å². The van der Waals surface area contributed by atoms with Gasteiger partial charge >= 0.3 is 0 Å². The average molecular weight is 329 g/mol. The molecule has 2 fully saturated rings. The fourth-order valence-electron chi connectivity index (χ4n) is 3.81. The Labute approximate surface area is 140 Å². The lowest BCUT2D eigenvalue weighted by atomic mass is 9.79. The topological polar surface area (TPSA) is 38.1 Å². The van der Waals surface area contributed by atoms with Crippen LogP contribution in [0.15, 0.2) is 29.1 Å². The van der Waals surface area contributed by atoms with E-state index in [4.69, 9.17) is 0 Å². The molecule has 0 aromatic carbocycles. The predicted molar refractivity (Wildman–Crippen MR) is 93.6 cm³/mol. The van der Waals surface area contributed by atoms with Crippen molar-refractivity contribution in [3.8, 4) is 10.6 Å². The summed E-state index contributed by atoms with van der Waals surface area (Å²) < 4.78 is 1.65. The molecule has 0 spiro atoms. The van der Waals surface area contributed by atoms with Crippen LogP contribution in [0.1, 0.15) is 37.0 Å². The van der Waals surface area contributed by atoms with Crippen LogP contribution in [0.5, 0.6) is 0 Å². The molecule has 4 rings (SSSR count). The third kappa shape index (κ3) is 3.00. The molecule has 0 amide bonds. The molecule has 5 heteroatoms. The van der Waals surface area contributed by atoms with Gasteiger partial charge in [-0.3, -0.25) is 9.69 Å². The second kappa shape index (κ2) is 6.21. The monoisotopic (exact) mass is 329 g/mol. The minimum absolute atomic E-state index is 0.00119. The zero-order chi connectivity index (χ0) is 15.8. The van der Waals surface area contributed by atoms with Gasteiger partial charge in [0.1, 0.15) is 5.69 Å². The van der Waals surface area contributed by atoms with Crippen molar-refractivity contribution in [1.82, 2.24) is 14.7 Å². The van der Waals surface area contributed by atoms with Gasteiger partial charge in [-0.25, -0.2) is 4.68 Å². The maximum absolute atomic E-state index is 12.2. The number of aryl methyl sites for hydroxylation is 1. The van der Waals surface area contributed by atoms with Crippen LogP contribution in [0.2, 0.25) is 0 Å². The van der Waals surface area contributed by atoms with Gasteiger partial charge in [-0.05, 0) is 56.7 Å². The van der Waals surface area contributed by atoms with E-state index in [-0.39, 0.29) is 5.56 Å². The van der Waals surface area contributed by atoms with Crippen molar-refractivity contribution in [1.29, 1.82) is 0 Å². The fourth-order valence-corrected chi connectivity index (χ4v) is 4.64. The van der Waals surface area contributed by atoms with Crippen LogP contribution in [0, 0.1) is 12.8 Å². The quantitative estimate of drug-likeness (QED) is 0.861. The van der Waals surface area contributed by atoms with Crippen LogP contribution in [-0.4, -0.2) is 27.3 Å². The zero-order valence-corrected chi connectivity index (χ0v) is 14.4. The molecule has 23 heavy (non-hydrogen) atoms. The Morgan fingerprint density at radius 3 is 2.74 bits per heavy atom. The molecule has 122 valence electrons. The maximum Gasteiger partial charge on any atom is 0.268 e. The number of nitrogens with zero attached hydrogens (tertiary/aromatic N) is 3. The third-order valence-corrected chi connectivity index (χ3v) is 6.31. The van der Waals surface area contributed by atoms with E-state index in [2.05, 4.69) is 29.1 Å². The van der Waals surface area contributed by atoms with Gasteiger partial charge < -0.3 is 0 Å². The van der Waals surface area contributed by atoms with Crippen molar-refractivity contribution in [2.24, 2.45) is 5.92 Å². The van der Waals surface area contributed by atoms with E-state index < -0.39 is 0 Å². The first-order valence-corrected chi connectivity index (χ1v) is 9.41. The highest BCUT2D eigenvalue weighted by Gasteiger charge is 2.35. The van der Waals surface area contributed by atoms with Gasteiger partial charge in [0.15, 0.2) is 0 Å². The summed E-state index contributed by atoms with van der Waals surface area (Å²) in [5.41, 5.74) is 0.906. The molecule has 0 bridgehead atoms. The zero-order valence-electron chi connectivity index (χ0n) is 13.6. The third-order valence-electron chi connectivity index (χ3n) is 5.28. The van der Waals surface area contributed by atoms with E-state index in [0.29, 0.717) is 12.7 Å². The number of hydrogen-bond acceptors (Lipinski definition) is 4. The molecule has 2 aromatic rings. The highest BCUT2D eigenvalue weighted by atomic mass is 32.1. The first kappa shape index (κ1) is 15.1. The summed E-state index contributed by atoms with van der Waals surface area (Å²) in [7, 11) is 0. The number of likely N-dealkylation sites (tertiary alicyclic amines) is 1. The summed E-state index contributed by atoms with van der Waals surface area (Å²) in [6, 6.07) is 8.35. The van der Waals surface area contributed by atoms with E-state index in [0.717, 1.165) is 23.0 Å². The Balaban J connectivity index is 1.57. The molecule has 1 atom stereocenters. The second-order valence-corrected chi connectivity index (χ2v) is 8.11. The van der Waals surface area contributed by atoms with E-state index in [1.165, 1.54) is 37.0 Å². The molecule has 0 unspecified atom stereocenters. The number of hydrogen-bond donors (Lipinski definition) is 0. The van der Waals surface area contributed by atoms with Crippen LogP contribution in [-0.2, 0) is 6.67 Å². The van der Waals surface area contributed by atoms with Gasteiger partial charge in [0.25, 0.3) is 5.56 Å². The van der Waals surface area contributed by atoms with Crippen molar-refractivity contribution in [3.63, 3.8) is 0 Å². The lowest BCUT2D eigenvalue weighted by Crippen LogP contribution is -2.42. The smallest absolute Gasteiger partial charge is 0.268 e. The molecular weight excluding hydrogens is 306 g/mol. The Kier molecular flexibility index (Phi) is 4.07. The molecular formula is C18H23N3OS. The van der Waals surface area contributed by atoms with Crippen LogP contribution in [0.3, 0.4) is 0 Å². The lowest BCUT2D eigenvalue weighted by Gasteiger charge is -2.36. The molecule has 0 radical (unpaired) electrons. The molecule has 1 aliphatic carbocycles. The molecule has 3 heterocycles. The summed E-state index contributed by atoms with van der Waals surface area (Å²) in [6.45, 7) is 3.83. The molecule has 1 saturated heterocycles. The average Bonchev–Trinajstić information content (AvgIpc) is 3.10. The largest absolute Gasteiger partial charge is 0.281 e. The lowest BCUT2D eigenvalue weighted by molar-refractivity contribution is 0.0990. The van der Waals surface area contributed by atoms with Gasteiger partial charge in [0.2, 0.25) is 0 Å². The van der Waals surface area contributed by atoms with Crippen LogP contribution in [0.25, 0.3) is 10.6 Å². The van der Waals surface area contributed by atoms with Crippen molar-refractivity contribution < 1.29 is 0 Å². The second-order valence-electron chi connectivity index (χ2n) is 6.82. The maximum atomic E-state index is 12.2. The van der Waals surface area contributed by atoms with Gasteiger partial charge in [-0.15, -0.1) is 11.3 Å². The van der Waals surface area contributed by atoms with Crippen molar-refractivity contribution in [2.45, 2.75) is 51.7 Å². The summed E-state index contributed by atoms with van der Waals surface area (Å²) in [5, 5.41) is 4.63. The van der Waals surface area contributed by atoms with Crippen molar-refractivity contribution in [2.75, 3.05) is 6.54 Å². The minimum atomic E-state index is 0.00119. The number of aromatic nitrogens is 2. The van der Waals surface area contributed by atoms with Crippen LogP contribution >= 0.6 is 11.3 Å². The Bertz CT molecular complexity index is 747. The molecule has 2 aliphatic rings. The highest BCUT2D eigenvalue weighted by molar-refractivity contribution is 7.15. The summed E-state index contributed by atoms with van der Waals surface area (Å²) in [6.07, 6.45) is 6.62. The van der Waals surface area contributed by atoms with Gasteiger partial charge in [0, 0.05) is 23.5 Å². The fraction of sp³-hybridized carbons (Fsp3) is 0.556. The van der Waals surface area contributed by atoms with E-state index in [1.54, 1.807) is 22.1 Å². The number of rotatable bonds is 4. The Morgan fingerprint density at radius 2 is 2.04 bits per heavy atom. The summed E-state index contributed by atoms with van der Waals surface area (Å²) >= 11 is 1.72. The van der Waals surface area contributed by atoms with Crippen LogP contribution < -0.4 is 5.56 Å². The SMILES string of the molecule is Cc1ccc(-c2ccc(=O)n(CN3CCC[C@@H]3C3CCC3)n2)s1. The van der Waals surface area contributed by atoms with Crippen molar-refractivity contribution >= 4 is 11.3 Å². The van der Waals surface area contributed by atoms with E-state index >= 15 is 0 Å². The Hall–Kier alpha value is -1.46. The summed E-state index contributed by atoms with van der Waals surface area (Å²) in [4.78, 5) is 17.1. The first-order chi connectivity index (χ1) is 11.2. The molecule has 1 saturated carbocycles. The predicted octanol–water partition coefficient (Wildman–Crippen LogP) is 3.50. The molecule has 0 N–H and O–H groups in total. The molecule has 2 aromatic heterocycles. The van der Waals surface area contributed by atoms with E-state index in [1.807, 2.05) is 6.07 Å². The standard InChI is InChI=1S/C18H23N3OS/c1-13-7-9-17(23-13)15-8-10-18(22)21(19-15)12-20-11-3-6-16(20)14-4-2-5-14/h7-10,14,16H,2-6,11-12H2,1H3/t16-/m1/s1. The van der Waals surface area contributed by atoms with Crippen molar-refractivity contribution in [3.05, 3.63) is 39.5 Å². The van der Waals surface area contributed by atoms with Crippen LogP contribution in [0.4, 0.5) is 0 Å². The first-order valence-electron chi connectivity index (χ1n) is 8.60. The highest BCUT2D eigenvalue weighted by Crippen LogP contribution is 2.37. The Morgan fingerprint density at radius 1 is 1.17 bits per heavy atom. The normalized spacial score (nSPS) is 22.4. The van der Waals surface area contributed by atoms with Gasteiger partial charge in [-0.1, -0.05) is 6.42 Å². The molecule has 4 nitrogen and oxygen atoms in total. The van der Waals surface area contributed by atoms with E-state index in [9.17, 15) is 4.79 Å².